The highest BCUT2D eigenvalue weighted by atomic mass is 16.5. The fraction of sp³-hybridized carbons (Fsp3) is 0.391. The van der Waals surface area contributed by atoms with Crippen molar-refractivity contribution in [2.45, 2.75) is 38.8 Å². The van der Waals surface area contributed by atoms with Gasteiger partial charge in [-0.15, -0.1) is 0 Å². The summed E-state index contributed by atoms with van der Waals surface area (Å²) in [4.78, 5) is 21.8. The van der Waals surface area contributed by atoms with Gasteiger partial charge >= 0.3 is 6.09 Å². The van der Waals surface area contributed by atoms with Crippen molar-refractivity contribution in [3.05, 3.63) is 52.8 Å². The van der Waals surface area contributed by atoms with E-state index in [2.05, 4.69) is 40.4 Å². The van der Waals surface area contributed by atoms with Gasteiger partial charge in [0, 0.05) is 42.5 Å². The fourth-order valence-corrected chi connectivity index (χ4v) is 4.70. The number of carbonyl (C=O) groups excluding carboxylic acids is 1. The lowest BCUT2D eigenvalue weighted by atomic mass is 9.87. The molecular formula is C23H26N4O2. The molecular weight excluding hydrogens is 364 g/mol. The second-order valence-electron chi connectivity index (χ2n) is 8.09. The number of nitrogens with one attached hydrogen (secondary N) is 2. The number of hydrogen-bond acceptors (Lipinski definition) is 4. The van der Waals surface area contributed by atoms with E-state index in [1.807, 2.05) is 12.4 Å². The van der Waals surface area contributed by atoms with Crippen molar-refractivity contribution < 1.29 is 9.53 Å². The van der Waals surface area contributed by atoms with Gasteiger partial charge in [0.1, 0.15) is 5.65 Å². The summed E-state index contributed by atoms with van der Waals surface area (Å²) in [7, 11) is 1.45. The quantitative estimate of drug-likeness (QED) is 0.692. The van der Waals surface area contributed by atoms with E-state index in [-0.39, 0.29) is 6.09 Å². The highest BCUT2D eigenvalue weighted by Crippen LogP contribution is 2.36. The summed E-state index contributed by atoms with van der Waals surface area (Å²) in [5, 5.41) is 4.80. The van der Waals surface area contributed by atoms with Crippen molar-refractivity contribution in [1.29, 1.82) is 0 Å². The third-order valence-electron chi connectivity index (χ3n) is 6.32. The van der Waals surface area contributed by atoms with Gasteiger partial charge in [0.15, 0.2) is 0 Å². The predicted octanol–water partition coefficient (Wildman–Crippen LogP) is 4.09. The Morgan fingerprint density at radius 3 is 2.97 bits per heavy atom. The van der Waals surface area contributed by atoms with E-state index in [1.165, 1.54) is 41.3 Å². The zero-order valence-electron chi connectivity index (χ0n) is 16.9. The SMILES string of the molecule is COC(=O)N1CCc2cc(-c3cnc4[nH]cc(C)c4c3)cc(C3CCCN3)c2C1. The van der Waals surface area contributed by atoms with Crippen LogP contribution in [0, 0.1) is 6.92 Å². The highest BCUT2D eigenvalue weighted by Gasteiger charge is 2.28. The minimum Gasteiger partial charge on any atom is -0.453 e. The first-order chi connectivity index (χ1) is 14.1. The topological polar surface area (TPSA) is 70.2 Å². The Balaban J connectivity index is 1.61. The third kappa shape index (κ3) is 3.17. The van der Waals surface area contributed by atoms with E-state index in [9.17, 15) is 4.79 Å². The molecule has 1 fully saturated rings. The summed E-state index contributed by atoms with van der Waals surface area (Å²) >= 11 is 0. The number of methoxy groups -OCH3 is 1. The van der Waals surface area contributed by atoms with E-state index in [4.69, 9.17) is 4.74 Å². The van der Waals surface area contributed by atoms with Gasteiger partial charge in [-0.2, -0.15) is 0 Å². The number of H-pyrrole nitrogens is 1. The van der Waals surface area contributed by atoms with Crippen LogP contribution >= 0.6 is 0 Å². The third-order valence-corrected chi connectivity index (χ3v) is 6.32. The Bertz CT molecular complexity index is 1080. The zero-order valence-corrected chi connectivity index (χ0v) is 16.9. The number of amides is 1. The minimum absolute atomic E-state index is 0.248. The number of pyridine rings is 1. The first-order valence-corrected chi connectivity index (χ1v) is 10.3. The van der Waals surface area contributed by atoms with Crippen molar-refractivity contribution in [2.24, 2.45) is 0 Å². The molecule has 1 atom stereocenters. The lowest BCUT2D eigenvalue weighted by molar-refractivity contribution is 0.118. The maximum atomic E-state index is 12.1. The van der Waals surface area contributed by atoms with Crippen LogP contribution in [0.5, 0.6) is 0 Å². The van der Waals surface area contributed by atoms with Gasteiger partial charge in [-0.05, 0) is 72.7 Å². The Hall–Kier alpha value is -2.86. The first-order valence-electron chi connectivity index (χ1n) is 10.3. The standard InChI is InChI=1S/C23H26N4O2/c1-14-11-25-22-18(14)10-17(12-26-22)16-8-15-5-7-27(23(28)29-2)13-20(15)19(9-16)21-4-3-6-24-21/h8-12,21,24H,3-7,13H2,1-2H3,(H,25,26). The van der Waals surface area contributed by atoms with Crippen molar-refractivity contribution in [2.75, 3.05) is 20.2 Å². The molecule has 4 heterocycles. The average Bonchev–Trinajstić information content (AvgIpc) is 3.42. The second kappa shape index (κ2) is 7.19. The number of rotatable bonds is 2. The maximum Gasteiger partial charge on any atom is 0.409 e. The molecule has 2 N–H and O–H groups in total. The van der Waals surface area contributed by atoms with Crippen molar-refractivity contribution in [3.8, 4) is 11.1 Å². The van der Waals surface area contributed by atoms with Crippen LogP contribution in [0.15, 0.2) is 30.6 Å². The molecule has 150 valence electrons. The molecule has 1 unspecified atom stereocenters. The molecule has 3 aromatic rings. The summed E-state index contributed by atoms with van der Waals surface area (Å²) in [6.45, 7) is 4.45. The van der Waals surface area contributed by atoms with Gasteiger partial charge in [-0.25, -0.2) is 9.78 Å². The number of benzene rings is 1. The molecule has 1 amide bonds. The maximum absolute atomic E-state index is 12.1. The van der Waals surface area contributed by atoms with Crippen LogP contribution in [-0.4, -0.2) is 41.2 Å². The summed E-state index contributed by atoms with van der Waals surface area (Å²) in [6, 6.07) is 7.15. The fourth-order valence-electron chi connectivity index (χ4n) is 4.70. The van der Waals surface area contributed by atoms with E-state index in [0.717, 1.165) is 36.0 Å². The average molecular weight is 390 g/mol. The minimum atomic E-state index is -0.248. The summed E-state index contributed by atoms with van der Waals surface area (Å²) in [6.07, 6.45) is 6.86. The summed E-state index contributed by atoms with van der Waals surface area (Å²) < 4.78 is 4.97. The molecule has 0 spiro atoms. The largest absolute Gasteiger partial charge is 0.453 e. The molecule has 0 radical (unpaired) electrons. The monoisotopic (exact) mass is 390 g/mol. The molecule has 1 aromatic carbocycles. The number of nitrogens with zero attached hydrogens (tertiary/aromatic N) is 2. The normalized spacial score (nSPS) is 18.8. The van der Waals surface area contributed by atoms with Crippen LogP contribution in [0.2, 0.25) is 0 Å². The van der Waals surface area contributed by atoms with Gasteiger partial charge in [0.05, 0.1) is 7.11 Å². The van der Waals surface area contributed by atoms with Crippen LogP contribution < -0.4 is 5.32 Å². The van der Waals surface area contributed by atoms with Gasteiger partial charge in [-0.1, -0.05) is 6.07 Å². The molecule has 5 rings (SSSR count). The molecule has 0 aliphatic carbocycles. The van der Waals surface area contributed by atoms with Crippen LogP contribution in [0.25, 0.3) is 22.2 Å². The number of fused-ring (bicyclic) bond motifs is 2. The smallest absolute Gasteiger partial charge is 0.409 e. The van der Waals surface area contributed by atoms with Crippen LogP contribution in [0.3, 0.4) is 0 Å². The van der Waals surface area contributed by atoms with E-state index in [1.54, 1.807) is 4.90 Å². The highest BCUT2D eigenvalue weighted by molar-refractivity contribution is 5.84. The predicted molar refractivity (Wildman–Crippen MR) is 113 cm³/mol. The van der Waals surface area contributed by atoms with Crippen molar-refractivity contribution in [3.63, 3.8) is 0 Å². The van der Waals surface area contributed by atoms with Crippen molar-refractivity contribution >= 4 is 17.1 Å². The number of hydrogen-bond donors (Lipinski definition) is 2. The Labute approximate surface area is 170 Å². The van der Waals surface area contributed by atoms with Gasteiger partial charge in [0.25, 0.3) is 0 Å². The van der Waals surface area contributed by atoms with Crippen molar-refractivity contribution in [1.82, 2.24) is 20.2 Å². The number of aromatic amines is 1. The van der Waals surface area contributed by atoms with Gasteiger partial charge in [-0.3, -0.25) is 0 Å². The van der Waals surface area contributed by atoms with Crippen LogP contribution in [0.1, 0.15) is 41.1 Å². The number of aromatic nitrogens is 2. The first kappa shape index (κ1) is 18.2. The van der Waals surface area contributed by atoms with Gasteiger partial charge in [0.2, 0.25) is 0 Å². The molecule has 2 aliphatic rings. The van der Waals surface area contributed by atoms with Crippen LogP contribution in [0.4, 0.5) is 4.79 Å². The number of carbonyl (C=O) groups is 1. The molecule has 6 nitrogen and oxygen atoms in total. The number of ether oxygens (including phenoxy) is 1. The van der Waals surface area contributed by atoms with E-state index < -0.39 is 0 Å². The summed E-state index contributed by atoms with van der Waals surface area (Å²) in [5.41, 5.74) is 8.39. The lowest BCUT2D eigenvalue weighted by Gasteiger charge is -2.31. The molecule has 6 heteroatoms. The molecule has 29 heavy (non-hydrogen) atoms. The second-order valence-corrected chi connectivity index (χ2v) is 8.09. The van der Waals surface area contributed by atoms with E-state index in [0.29, 0.717) is 19.1 Å². The number of aryl methyl sites for hydroxylation is 1. The molecule has 0 bridgehead atoms. The molecule has 2 aromatic heterocycles. The Morgan fingerprint density at radius 2 is 2.17 bits per heavy atom. The Kier molecular flexibility index (Phi) is 4.51. The lowest BCUT2D eigenvalue weighted by Crippen LogP contribution is -2.36. The van der Waals surface area contributed by atoms with Crippen LogP contribution in [-0.2, 0) is 17.7 Å². The molecule has 0 saturated carbocycles. The molecule has 2 aliphatic heterocycles. The molecule has 1 saturated heterocycles. The van der Waals surface area contributed by atoms with E-state index >= 15 is 0 Å². The summed E-state index contributed by atoms with van der Waals surface area (Å²) in [5.74, 6) is 0. The zero-order chi connectivity index (χ0) is 20.0. The Morgan fingerprint density at radius 1 is 1.28 bits per heavy atom. The van der Waals surface area contributed by atoms with Gasteiger partial charge < -0.3 is 19.9 Å².